The predicted octanol–water partition coefficient (Wildman–Crippen LogP) is 7.26. The highest BCUT2D eigenvalue weighted by atomic mass is 79.9. The minimum Gasteiger partial charge on any atom is -0.323 e. The summed E-state index contributed by atoms with van der Waals surface area (Å²) >= 11 is 4.40. The quantitative estimate of drug-likeness (QED) is 0.133. The highest BCUT2D eigenvalue weighted by Gasteiger charge is 2.18. The molecule has 4 rings (SSSR count). The highest BCUT2D eigenvalue weighted by Crippen LogP contribution is 2.28. The van der Waals surface area contributed by atoms with E-state index in [0.717, 1.165) is 0 Å². The van der Waals surface area contributed by atoms with Gasteiger partial charge in [0.2, 0.25) is 5.91 Å². The highest BCUT2D eigenvalue weighted by molar-refractivity contribution is 9.10. The van der Waals surface area contributed by atoms with Crippen LogP contribution in [0.15, 0.2) is 112 Å². The summed E-state index contributed by atoms with van der Waals surface area (Å²) in [6.45, 7) is 1.68. The van der Waals surface area contributed by atoms with Crippen molar-refractivity contribution in [3.05, 3.63) is 130 Å². The van der Waals surface area contributed by atoms with E-state index in [-0.39, 0.29) is 16.9 Å². The van der Waals surface area contributed by atoms with Gasteiger partial charge in [0.05, 0.1) is 10.9 Å². The van der Waals surface area contributed by atoms with E-state index >= 15 is 0 Å². The Bertz CT molecular complexity index is 1620. The fourth-order valence-electron chi connectivity index (χ4n) is 3.62. The summed E-state index contributed by atoms with van der Waals surface area (Å²) in [6.07, 6.45) is 1.26. The number of halogens is 3. The average molecular weight is 637 g/mol. The van der Waals surface area contributed by atoms with Gasteiger partial charge in [0.1, 0.15) is 17.3 Å². The van der Waals surface area contributed by atoms with Gasteiger partial charge in [0, 0.05) is 26.2 Å². The molecule has 0 spiro atoms. The zero-order chi connectivity index (χ0) is 29.4. The van der Waals surface area contributed by atoms with Crippen molar-refractivity contribution in [2.45, 2.75) is 17.1 Å². The maximum Gasteiger partial charge on any atom is 0.272 e. The average Bonchev–Trinajstić information content (AvgIpc) is 2.95. The van der Waals surface area contributed by atoms with Crippen molar-refractivity contribution in [3.8, 4) is 0 Å². The molecule has 41 heavy (non-hydrogen) atoms. The third-order valence-corrected chi connectivity index (χ3v) is 7.28. The van der Waals surface area contributed by atoms with E-state index in [1.807, 2.05) is 0 Å². The molecule has 0 radical (unpaired) electrons. The molecule has 0 saturated heterocycles. The van der Waals surface area contributed by atoms with Crippen LogP contribution in [0.2, 0.25) is 0 Å². The summed E-state index contributed by atoms with van der Waals surface area (Å²) in [7, 11) is 0. The summed E-state index contributed by atoms with van der Waals surface area (Å²) < 4.78 is 29.1. The molecule has 0 fully saturated rings. The van der Waals surface area contributed by atoms with Crippen LogP contribution in [0.25, 0.3) is 6.08 Å². The molecule has 3 N–H and O–H groups in total. The topological polar surface area (TPSA) is 87.3 Å². The van der Waals surface area contributed by atoms with Gasteiger partial charge >= 0.3 is 0 Å². The molecule has 0 aliphatic rings. The molecular weight excluding hydrogens is 612 g/mol. The van der Waals surface area contributed by atoms with Gasteiger partial charge in [0.15, 0.2) is 0 Å². The molecule has 0 aromatic heterocycles. The van der Waals surface area contributed by atoms with Crippen molar-refractivity contribution >= 4 is 62.9 Å². The van der Waals surface area contributed by atoms with Crippen LogP contribution in [0.1, 0.15) is 22.8 Å². The van der Waals surface area contributed by atoms with Crippen molar-refractivity contribution in [2.75, 3.05) is 10.6 Å². The lowest BCUT2D eigenvalue weighted by atomic mass is 10.1. The van der Waals surface area contributed by atoms with Crippen LogP contribution in [0.5, 0.6) is 0 Å². The summed E-state index contributed by atoms with van der Waals surface area (Å²) in [4.78, 5) is 39.4. The van der Waals surface area contributed by atoms with Gasteiger partial charge in [-0.25, -0.2) is 8.78 Å². The molecule has 0 heterocycles. The van der Waals surface area contributed by atoms with E-state index < -0.39 is 34.6 Å². The van der Waals surface area contributed by atoms with Crippen LogP contribution < -0.4 is 16.0 Å². The lowest BCUT2D eigenvalue weighted by Crippen LogP contribution is -2.30. The monoisotopic (exact) mass is 635 g/mol. The Hall–Kier alpha value is -4.28. The van der Waals surface area contributed by atoms with E-state index in [4.69, 9.17) is 0 Å². The Labute approximate surface area is 248 Å². The SMILES string of the molecule is CC(Sc1cccc(NC(=O)/C(=C/c2ccccc2F)NC(=O)c2ccccc2)c1)C(=O)Nc1ccc(Br)cc1F. The summed E-state index contributed by atoms with van der Waals surface area (Å²) in [5.41, 5.74) is 0.746. The van der Waals surface area contributed by atoms with Crippen molar-refractivity contribution in [1.82, 2.24) is 5.32 Å². The number of hydrogen-bond donors (Lipinski definition) is 3. The summed E-state index contributed by atoms with van der Waals surface area (Å²) in [5, 5.41) is 7.28. The molecule has 3 amide bonds. The fourth-order valence-corrected chi connectivity index (χ4v) is 4.88. The van der Waals surface area contributed by atoms with Crippen molar-refractivity contribution in [3.63, 3.8) is 0 Å². The first-order valence-electron chi connectivity index (χ1n) is 12.4. The first kappa shape index (κ1) is 29.7. The number of carbonyl (C=O) groups is 3. The third-order valence-electron chi connectivity index (χ3n) is 5.70. The minimum absolute atomic E-state index is 0.0679. The van der Waals surface area contributed by atoms with Gasteiger partial charge in [-0.1, -0.05) is 58.4 Å². The number of carbonyl (C=O) groups excluding carboxylic acids is 3. The van der Waals surface area contributed by atoms with E-state index in [1.165, 1.54) is 48.2 Å². The maximum absolute atomic E-state index is 14.4. The van der Waals surface area contributed by atoms with E-state index in [1.54, 1.807) is 73.7 Å². The minimum atomic E-state index is -0.670. The van der Waals surface area contributed by atoms with Crippen molar-refractivity contribution in [2.24, 2.45) is 0 Å². The second-order valence-corrected chi connectivity index (χ2v) is 11.1. The third kappa shape index (κ3) is 8.36. The molecule has 0 aliphatic carbocycles. The predicted molar refractivity (Wildman–Crippen MR) is 161 cm³/mol. The Morgan fingerprint density at radius 1 is 0.829 bits per heavy atom. The van der Waals surface area contributed by atoms with Crippen LogP contribution in [0, 0.1) is 11.6 Å². The maximum atomic E-state index is 14.4. The second kappa shape index (κ2) is 13.9. The first-order valence-corrected chi connectivity index (χ1v) is 14.0. The van der Waals surface area contributed by atoms with Gasteiger partial charge in [-0.15, -0.1) is 11.8 Å². The zero-order valence-electron chi connectivity index (χ0n) is 21.7. The number of thioether (sulfide) groups is 1. The van der Waals surface area contributed by atoms with Gasteiger partial charge in [0.25, 0.3) is 11.8 Å². The second-order valence-electron chi connectivity index (χ2n) is 8.76. The van der Waals surface area contributed by atoms with Crippen molar-refractivity contribution in [1.29, 1.82) is 0 Å². The number of hydrogen-bond acceptors (Lipinski definition) is 4. The molecule has 4 aromatic rings. The number of benzene rings is 4. The van der Waals surface area contributed by atoms with Crippen LogP contribution in [-0.4, -0.2) is 23.0 Å². The van der Waals surface area contributed by atoms with E-state index in [9.17, 15) is 23.2 Å². The van der Waals surface area contributed by atoms with Gasteiger partial charge in [-0.3, -0.25) is 14.4 Å². The molecular formula is C31H24BrF2N3O3S. The molecule has 1 unspecified atom stereocenters. The Kier molecular flexibility index (Phi) is 10.0. The Balaban J connectivity index is 1.48. The molecule has 4 aromatic carbocycles. The molecule has 0 aliphatic heterocycles. The van der Waals surface area contributed by atoms with E-state index in [2.05, 4.69) is 31.9 Å². The number of amides is 3. The molecule has 6 nitrogen and oxygen atoms in total. The summed E-state index contributed by atoms with van der Waals surface area (Å²) in [5.74, 6) is -2.72. The lowest BCUT2D eigenvalue weighted by molar-refractivity contribution is -0.115. The van der Waals surface area contributed by atoms with Crippen LogP contribution in [-0.2, 0) is 9.59 Å². The largest absolute Gasteiger partial charge is 0.323 e. The zero-order valence-corrected chi connectivity index (χ0v) is 24.1. The smallest absolute Gasteiger partial charge is 0.272 e. The Morgan fingerprint density at radius 2 is 1.56 bits per heavy atom. The van der Waals surface area contributed by atoms with Crippen molar-refractivity contribution < 1.29 is 23.2 Å². The fraction of sp³-hybridized carbons (Fsp3) is 0.0645. The molecule has 208 valence electrons. The van der Waals surface area contributed by atoms with Crippen LogP contribution in [0.4, 0.5) is 20.2 Å². The summed E-state index contributed by atoms with van der Waals surface area (Å²) in [6, 6.07) is 25.3. The lowest BCUT2D eigenvalue weighted by Gasteiger charge is -2.14. The van der Waals surface area contributed by atoms with E-state index in [0.29, 0.717) is 20.6 Å². The molecule has 10 heteroatoms. The number of nitrogens with one attached hydrogen (secondary N) is 3. The van der Waals surface area contributed by atoms with Gasteiger partial charge in [-0.05, 0) is 67.6 Å². The van der Waals surface area contributed by atoms with Crippen LogP contribution in [0.3, 0.4) is 0 Å². The van der Waals surface area contributed by atoms with Gasteiger partial charge in [-0.2, -0.15) is 0 Å². The van der Waals surface area contributed by atoms with Gasteiger partial charge < -0.3 is 16.0 Å². The molecule has 0 bridgehead atoms. The standard InChI is InChI=1S/C31H24BrF2N3O3S/c1-19(29(38)36-27-15-14-22(32)17-26(27)34)41-24-12-7-11-23(18-24)35-31(40)28(16-21-10-5-6-13-25(21)33)37-30(39)20-8-3-2-4-9-20/h2-19H,1H3,(H,35,40)(H,36,38)(H,37,39)/b28-16-. The first-order chi connectivity index (χ1) is 19.7. The number of rotatable bonds is 9. The van der Waals surface area contributed by atoms with Crippen LogP contribution >= 0.6 is 27.7 Å². The normalized spacial score (nSPS) is 11.9. The molecule has 1 atom stereocenters. The Morgan fingerprint density at radius 3 is 2.29 bits per heavy atom. The molecule has 0 saturated carbocycles. The number of anilines is 2.